The van der Waals surface area contributed by atoms with Crippen LogP contribution in [0, 0.1) is 11.8 Å². The molecule has 1 saturated carbocycles. The zero-order chi connectivity index (χ0) is 20.8. The first kappa shape index (κ1) is 24.6. The van der Waals surface area contributed by atoms with Crippen LogP contribution in [0.4, 0.5) is 0 Å². The molecule has 0 spiro atoms. The van der Waals surface area contributed by atoms with Crippen LogP contribution in [-0.2, 0) is 19.1 Å². The Hall–Kier alpha value is -1.45. The molecule has 0 radical (unpaired) electrons. The molecule has 0 aromatic carbocycles. The van der Waals surface area contributed by atoms with Crippen LogP contribution in [-0.4, -0.2) is 24.6 Å². The average Bonchev–Trinajstić information content (AvgIpc) is 3.00. The summed E-state index contributed by atoms with van der Waals surface area (Å²) in [7, 11) is 1.30. The topological polar surface area (TPSA) is 60.4 Å². The highest BCUT2D eigenvalue weighted by atomic mass is 16.5. The Kier molecular flexibility index (Phi) is 12.8. The van der Waals surface area contributed by atoms with Crippen molar-refractivity contribution in [2.75, 3.05) is 7.11 Å². The average molecular weight is 393 g/mol. The van der Waals surface area contributed by atoms with E-state index in [1.807, 2.05) is 0 Å². The first-order valence-electron chi connectivity index (χ1n) is 11.2. The van der Waals surface area contributed by atoms with E-state index in [0.717, 1.165) is 32.1 Å². The number of unbranched alkanes of at least 4 members (excludes halogenated alkanes) is 6. The number of hydrogen-bond acceptors (Lipinski definition) is 4. The summed E-state index contributed by atoms with van der Waals surface area (Å²) in [6.45, 7) is 4.30. The van der Waals surface area contributed by atoms with Gasteiger partial charge in [0, 0.05) is 18.8 Å². The predicted molar refractivity (Wildman–Crippen MR) is 113 cm³/mol. The monoisotopic (exact) mass is 392 g/mol. The number of allylic oxidation sites excluding steroid dienone is 2. The van der Waals surface area contributed by atoms with Crippen molar-refractivity contribution in [3.05, 3.63) is 11.6 Å². The van der Waals surface area contributed by atoms with Crippen LogP contribution in [0.25, 0.3) is 0 Å². The van der Waals surface area contributed by atoms with Crippen LogP contribution in [0.5, 0.6) is 0 Å². The van der Waals surface area contributed by atoms with Crippen molar-refractivity contribution in [1.29, 1.82) is 0 Å². The third kappa shape index (κ3) is 10.8. The second-order valence-corrected chi connectivity index (χ2v) is 8.54. The van der Waals surface area contributed by atoms with Gasteiger partial charge in [0.05, 0.1) is 7.11 Å². The van der Waals surface area contributed by atoms with Crippen molar-refractivity contribution < 1.29 is 19.1 Å². The summed E-state index contributed by atoms with van der Waals surface area (Å²) >= 11 is 0. The van der Waals surface area contributed by atoms with Crippen LogP contribution < -0.4 is 0 Å². The molecule has 0 bridgehead atoms. The molecule has 1 aliphatic rings. The lowest BCUT2D eigenvalue weighted by Crippen LogP contribution is -2.15. The number of esters is 1. The molecule has 0 amide bonds. The van der Waals surface area contributed by atoms with Gasteiger partial charge in [-0.25, -0.2) is 0 Å². The first-order chi connectivity index (χ1) is 13.4. The normalized spacial score (nSPS) is 18.9. The summed E-state index contributed by atoms with van der Waals surface area (Å²) in [5.74, 6) is 0.642. The van der Waals surface area contributed by atoms with Crippen molar-refractivity contribution in [3.8, 4) is 0 Å². The molecule has 0 saturated heterocycles. The number of rotatable bonds is 15. The molecule has 0 unspecified atom stereocenters. The highest BCUT2D eigenvalue weighted by Gasteiger charge is 2.33. The highest BCUT2D eigenvalue weighted by Crippen LogP contribution is 2.36. The van der Waals surface area contributed by atoms with Crippen LogP contribution in [0.1, 0.15) is 104 Å². The molecule has 1 aliphatic carbocycles. The summed E-state index contributed by atoms with van der Waals surface area (Å²) in [4.78, 5) is 35.0. The van der Waals surface area contributed by atoms with Gasteiger partial charge in [-0.05, 0) is 58.3 Å². The maximum Gasteiger partial charge on any atom is 0.313 e. The molecule has 160 valence electrons. The van der Waals surface area contributed by atoms with Gasteiger partial charge in [0.15, 0.2) is 0 Å². The number of ether oxygens (including phenoxy) is 1. The van der Waals surface area contributed by atoms with Gasteiger partial charge in [0.1, 0.15) is 18.0 Å². The van der Waals surface area contributed by atoms with Crippen molar-refractivity contribution in [3.63, 3.8) is 0 Å². The van der Waals surface area contributed by atoms with E-state index in [1.165, 1.54) is 57.6 Å². The second kappa shape index (κ2) is 14.5. The molecule has 4 nitrogen and oxygen atoms in total. The number of carbonyl (C=O) groups excluding carboxylic acids is 3. The van der Waals surface area contributed by atoms with Gasteiger partial charge in [0.2, 0.25) is 0 Å². The molecule has 1 rings (SSSR count). The van der Waals surface area contributed by atoms with E-state index >= 15 is 0 Å². The van der Waals surface area contributed by atoms with Gasteiger partial charge >= 0.3 is 5.97 Å². The third-order valence-corrected chi connectivity index (χ3v) is 5.87. The van der Waals surface area contributed by atoms with Crippen molar-refractivity contribution in [1.82, 2.24) is 0 Å². The number of carbonyl (C=O) groups is 3. The maximum atomic E-state index is 12.2. The molecule has 0 aromatic heterocycles. The number of ketones is 2. The van der Waals surface area contributed by atoms with Gasteiger partial charge in [-0.2, -0.15) is 0 Å². The minimum absolute atomic E-state index is 0.0641. The third-order valence-electron chi connectivity index (χ3n) is 5.87. The summed E-state index contributed by atoms with van der Waals surface area (Å²) in [6, 6.07) is 0. The standard InChI is InChI=1S/C24H40O4/c1-19(2)12-8-6-4-5-7-9-13-20-16-17-23(26)22(20)15-11-10-14-21(25)18-24(27)28-3/h12,20,22H,4-11,13-18H2,1-3H3/t20-,22+/m0/s1. The van der Waals surface area contributed by atoms with Crippen LogP contribution in [0.15, 0.2) is 11.6 Å². The van der Waals surface area contributed by atoms with Gasteiger partial charge in [0.25, 0.3) is 0 Å². The zero-order valence-electron chi connectivity index (χ0n) is 18.3. The Labute approximate surface area is 171 Å². The van der Waals surface area contributed by atoms with Crippen molar-refractivity contribution in [2.24, 2.45) is 11.8 Å². The lowest BCUT2D eigenvalue weighted by molar-refractivity contribution is -0.143. The Balaban J connectivity index is 2.14. The molecule has 28 heavy (non-hydrogen) atoms. The van der Waals surface area contributed by atoms with Gasteiger partial charge in [-0.1, -0.05) is 43.8 Å². The predicted octanol–water partition coefficient (Wildman–Crippen LogP) is 5.97. The fourth-order valence-corrected chi connectivity index (χ4v) is 4.20. The van der Waals surface area contributed by atoms with E-state index in [9.17, 15) is 14.4 Å². The molecular formula is C24H40O4. The molecular weight excluding hydrogens is 352 g/mol. The molecule has 4 heteroatoms. The number of hydrogen-bond donors (Lipinski definition) is 0. The molecule has 0 aromatic rings. The zero-order valence-corrected chi connectivity index (χ0v) is 18.3. The molecule has 0 N–H and O–H groups in total. The molecule has 0 aliphatic heterocycles. The minimum Gasteiger partial charge on any atom is -0.469 e. The first-order valence-corrected chi connectivity index (χ1v) is 11.2. The largest absolute Gasteiger partial charge is 0.469 e. The van der Waals surface area contributed by atoms with E-state index in [0.29, 0.717) is 18.1 Å². The minimum atomic E-state index is -0.465. The summed E-state index contributed by atoms with van der Waals surface area (Å²) in [6.07, 6.45) is 15.7. The van der Waals surface area contributed by atoms with E-state index in [1.54, 1.807) is 0 Å². The van der Waals surface area contributed by atoms with Crippen molar-refractivity contribution >= 4 is 17.5 Å². The highest BCUT2D eigenvalue weighted by molar-refractivity contribution is 5.95. The van der Waals surface area contributed by atoms with Gasteiger partial charge in [-0.3, -0.25) is 14.4 Å². The Morgan fingerprint density at radius 1 is 1.00 bits per heavy atom. The van der Waals surface area contributed by atoms with Gasteiger partial charge < -0.3 is 4.74 Å². The van der Waals surface area contributed by atoms with E-state index in [-0.39, 0.29) is 18.1 Å². The molecule has 0 heterocycles. The smallest absolute Gasteiger partial charge is 0.313 e. The second-order valence-electron chi connectivity index (χ2n) is 8.54. The van der Waals surface area contributed by atoms with Crippen LogP contribution in [0.2, 0.25) is 0 Å². The SMILES string of the molecule is COC(=O)CC(=O)CCCC[C@H]1C(=O)CC[C@@H]1CCCCCCCC=C(C)C. The van der Waals surface area contributed by atoms with Crippen LogP contribution in [0.3, 0.4) is 0 Å². The summed E-state index contributed by atoms with van der Waals surface area (Å²) < 4.78 is 4.51. The van der Waals surface area contributed by atoms with E-state index in [4.69, 9.17) is 0 Å². The van der Waals surface area contributed by atoms with Crippen molar-refractivity contribution in [2.45, 2.75) is 104 Å². The van der Waals surface area contributed by atoms with E-state index in [2.05, 4.69) is 24.7 Å². The Morgan fingerprint density at radius 3 is 2.39 bits per heavy atom. The summed E-state index contributed by atoms with van der Waals surface area (Å²) in [5.41, 5.74) is 1.41. The molecule has 2 atom stereocenters. The number of Topliss-reactive ketones (excluding diaryl/α,β-unsaturated/α-hetero) is 2. The lowest BCUT2D eigenvalue weighted by atomic mass is 9.86. The fraction of sp³-hybridized carbons (Fsp3) is 0.792. The maximum absolute atomic E-state index is 12.2. The van der Waals surface area contributed by atoms with Crippen LogP contribution >= 0.6 is 0 Å². The van der Waals surface area contributed by atoms with E-state index < -0.39 is 5.97 Å². The number of methoxy groups -OCH3 is 1. The Bertz CT molecular complexity index is 517. The Morgan fingerprint density at radius 2 is 1.68 bits per heavy atom. The van der Waals surface area contributed by atoms with Gasteiger partial charge in [-0.15, -0.1) is 0 Å². The quantitative estimate of drug-likeness (QED) is 0.149. The molecule has 1 fully saturated rings. The fourth-order valence-electron chi connectivity index (χ4n) is 4.20. The lowest BCUT2D eigenvalue weighted by Gasteiger charge is -2.18. The summed E-state index contributed by atoms with van der Waals surface area (Å²) in [5, 5.41) is 0.